The van der Waals surface area contributed by atoms with Crippen LogP contribution in [-0.2, 0) is 0 Å². The summed E-state index contributed by atoms with van der Waals surface area (Å²) in [5.41, 5.74) is 0. The first-order valence-electron chi connectivity index (χ1n) is 4.78. The number of nitrogens with zero attached hydrogens (tertiary/aromatic N) is 1. The molecule has 0 N–H and O–H groups in total. The maximum absolute atomic E-state index is 3.77. The van der Waals surface area contributed by atoms with Crippen LogP contribution in [0.3, 0.4) is 0 Å². The average molecular weight is 207 g/mol. The zero-order valence-electron chi connectivity index (χ0n) is 8.65. The first-order chi connectivity index (χ1) is 6.79. The number of thiophene rings is 1. The molecule has 1 unspecified atom stereocenters. The molecule has 1 aromatic rings. The van der Waals surface area contributed by atoms with Crippen molar-refractivity contribution in [3.63, 3.8) is 0 Å². The van der Waals surface area contributed by atoms with Gasteiger partial charge in [0.15, 0.2) is 0 Å². The molecule has 1 atom stereocenters. The van der Waals surface area contributed by atoms with E-state index in [0.29, 0.717) is 6.04 Å². The highest BCUT2D eigenvalue weighted by Crippen LogP contribution is 2.24. The van der Waals surface area contributed by atoms with Gasteiger partial charge in [0, 0.05) is 24.0 Å². The van der Waals surface area contributed by atoms with E-state index in [0.717, 1.165) is 13.1 Å². The van der Waals surface area contributed by atoms with E-state index in [1.807, 2.05) is 12.2 Å². The number of hydrogen-bond donors (Lipinski definition) is 0. The summed E-state index contributed by atoms with van der Waals surface area (Å²) in [7, 11) is 0. The van der Waals surface area contributed by atoms with Crippen LogP contribution in [0.1, 0.15) is 17.8 Å². The summed E-state index contributed by atoms with van der Waals surface area (Å²) in [6.45, 7) is 11.6. The van der Waals surface area contributed by atoms with E-state index in [4.69, 9.17) is 0 Å². The van der Waals surface area contributed by atoms with E-state index in [9.17, 15) is 0 Å². The van der Waals surface area contributed by atoms with Gasteiger partial charge < -0.3 is 0 Å². The van der Waals surface area contributed by atoms with E-state index < -0.39 is 0 Å². The van der Waals surface area contributed by atoms with Crippen LogP contribution in [0.5, 0.6) is 0 Å². The fourth-order valence-electron chi connectivity index (χ4n) is 1.43. The topological polar surface area (TPSA) is 3.24 Å². The first kappa shape index (κ1) is 11.2. The smallest absolute Gasteiger partial charge is 0.0419 e. The second-order valence-electron chi connectivity index (χ2n) is 3.22. The summed E-state index contributed by atoms with van der Waals surface area (Å²) in [5.74, 6) is 0. The van der Waals surface area contributed by atoms with Gasteiger partial charge in [0.25, 0.3) is 0 Å². The average Bonchev–Trinajstić information content (AvgIpc) is 2.69. The molecule has 0 radical (unpaired) electrons. The van der Waals surface area contributed by atoms with Gasteiger partial charge in [-0.3, -0.25) is 4.90 Å². The molecule has 1 heterocycles. The maximum Gasteiger partial charge on any atom is 0.0419 e. The van der Waals surface area contributed by atoms with E-state index in [-0.39, 0.29) is 0 Å². The zero-order chi connectivity index (χ0) is 10.4. The third-order valence-electron chi connectivity index (χ3n) is 2.23. The Morgan fingerprint density at radius 1 is 1.43 bits per heavy atom. The van der Waals surface area contributed by atoms with Gasteiger partial charge in [-0.25, -0.2) is 0 Å². The predicted octanol–water partition coefficient (Wildman–Crippen LogP) is 3.48. The molecule has 0 spiro atoms. The molecule has 0 bridgehead atoms. The Morgan fingerprint density at radius 2 is 2.07 bits per heavy atom. The van der Waals surface area contributed by atoms with E-state index in [1.165, 1.54) is 4.88 Å². The fourth-order valence-corrected chi connectivity index (χ4v) is 2.25. The van der Waals surface area contributed by atoms with Crippen molar-refractivity contribution in [2.75, 3.05) is 13.1 Å². The second kappa shape index (κ2) is 5.78. The van der Waals surface area contributed by atoms with Crippen LogP contribution >= 0.6 is 11.3 Å². The summed E-state index contributed by atoms with van der Waals surface area (Å²) in [5, 5.41) is 2.12. The highest BCUT2D eigenvalue weighted by Gasteiger charge is 2.13. The van der Waals surface area contributed by atoms with Gasteiger partial charge in [0.05, 0.1) is 0 Å². The van der Waals surface area contributed by atoms with Crippen LogP contribution in [0.25, 0.3) is 0 Å². The van der Waals surface area contributed by atoms with Crippen LogP contribution < -0.4 is 0 Å². The maximum atomic E-state index is 3.77. The molecule has 0 aliphatic rings. The predicted molar refractivity (Wildman–Crippen MR) is 64.7 cm³/mol. The van der Waals surface area contributed by atoms with Gasteiger partial charge in [0.1, 0.15) is 0 Å². The van der Waals surface area contributed by atoms with Crippen LogP contribution in [0.4, 0.5) is 0 Å². The molecule has 0 aromatic carbocycles. The number of hydrogen-bond acceptors (Lipinski definition) is 2. The molecule has 0 saturated carbocycles. The van der Waals surface area contributed by atoms with Gasteiger partial charge in [-0.15, -0.1) is 24.5 Å². The monoisotopic (exact) mass is 207 g/mol. The molecule has 1 rings (SSSR count). The van der Waals surface area contributed by atoms with Crippen molar-refractivity contribution in [1.29, 1.82) is 0 Å². The summed E-state index contributed by atoms with van der Waals surface area (Å²) in [6, 6.07) is 4.72. The SMILES string of the molecule is C=CCN(CC=C)C(C)c1cccs1. The Balaban J connectivity index is 2.67. The summed E-state index contributed by atoms with van der Waals surface area (Å²) in [4.78, 5) is 3.74. The second-order valence-corrected chi connectivity index (χ2v) is 4.20. The minimum absolute atomic E-state index is 0.450. The Bertz CT molecular complexity index is 267. The standard InChI is InChI=1S/C12H17NS/c1-4-8-13(9-5-2)11(3)12-7-6-10-14-12/h4-7,10-11H,1-2,8-9H2,3H3. The van der Waals surface area contributed by atoms with Crippen LogP contribution in [-0.4, -0.2) is 18.0 Å². The minimum atomic E-state index is 0.450. The van der Waals surface area contributed by atoms with Gasteiger partial charge >= 0.3 is 0 Å². The molecule has 0 aliphatic carbocycles. The normalized spacial score (nSPS) is 12.7. The third kappa shape index (κ3) is 2.82. The van der Waals surface area contributed by atoms with Gasteiger partial charge in [-0.2, -0.15) is 0 Å². The quantitative estimate of drug-likeness (QED) is 0.645. The first-order valence-corrected chi connectivity index (χ1v) is 5.66. The van der Waals surface area contributed by atoms with Crippen molar-refractivity contribution in [1.82, 2.24) is 4.90 Å². The third-order valence-corrected chi connectivity index (χ3v) is 3.27. The molecule has 0 aliphatic heterocycles. The minimum Gasteiger partial charge on any atom is -0.289 e. The van der Waals surface area contributed by atoms with E-state index >= 15 is 0 Å². The molecule has 14 heavy (non-hydrogen) atoms. The molecular weight excluding hydrogens is 190 g/mol. The van der Waals surface area contributed by atoms with Gasteiger partial charge in [0.2, 0.25) is 0 Å². The molecule has 76 valence electrons. The number of rotatable bonds is 6. The lowest BCUT2D eigenvalue weighted by molar-refractivity contribution is 0.264. The van der Waals surface area contributed by atoms with Crippen molar-refractivity contribution in [3.05, 3.63) is 47.7 Å². The Morgan fingerprint density at radius 3 is 2.50 bits per heavy atom. The Labute approximate surface area is 90.4 Å². The van der Waals surface area contributed by atoms with Crippen molar-refractivity contribution in [2.45, 2.75) is 13.0 Å². The molecule has 0 saturated heterocycles. The van der Waals surface area contributed by atoms with Crippen LogP contribution in [0, 0.1) is 0 Å². The van der Waals surface area contributed by atoms with Crippen molar-refractivity contribution in [2.24, 2.45) is 0 Å². The Hall–Kier alpha value is -0.860. The zero-order valence-corrected chi connectivity index (χ0v) is 9.46. The summed E-state index contributed by atoms with van der Waals surface area (Å²) >= 11 is 1.80. The lowest BCUT2D eigenvalue weighted by atomic mass is 10.2. The molecule has 2 heteroatoms. The molecular formula is C12H17NS. The highest BCUT2D eigenvalue weighted by molar-refractivity contribution is 7.10. The van der Waals surface area contributed by atoms with Crippen LogP contribution in [0.15, 0.2) is 42.8 Å². The molecule has 0 fully saturated rings. The van der Waals surface area contributed by atoms with Crippen molar-refractivity contribution >= 4 is 11.3 Å². The lowest BCUT2D eigenvalue weighted by Gasteiger charge is -2.25. The fraction of sp³-hybridized carbons (Fsp3) is 0.333. The van der Waals surface area contributed by atoms with Crippen molar-refractivity contribution in [3.8, 4) is 0 Å². The summed E-state index contributed by atoms with van der Waals surface area (Å²) < 4.78 is 0. The van der Waals surface area contributed by atoms with Crippen molar-refractivity contribution < 1.29 is 0 Å². The highest BCUT2D eigenvalue weighted by atomic mass is 32.1. The van der Waals surface area contributed by atoms with E-state index in [2.05, 4.69) is 42.5 Å². The van der Waals surface area contributed by atoms with Gasteiger partial charge in [-0.05, 0) is 18.4 Å². The molecule has 0 amide bonds. The molecule has 1 aromatic heterocycles. The van der Waals surface area contributed by atoms with Gasteiger partial charge in [-0.1, -0.05) is 18.2 Å². The van der Waals surface area contributed by atoms with Crippen LogP contribution in [0.2, 0.25) is 0 Å². The largest absolute Gasteiger partial charge is 0.289 e. The van der Waals surface area contributed by atoms with E-state index in [1.54, 1.807) is 11.3 Å². The Kier molecular flexibility index (Phi) is 4.63. The summed E-state index contributed by atoms with van der Waals surface area (Å²) in [6.07, 6.45) is 3.88. The molecule has 1 nitrogen and oxygen atoms in total. The lowest BCUT2D eigenvalue weighted by Crippen LogP contribution is -2.26.